The standard InChI is InChI=1S/C13H6BrClFNO2S/c14-9-4-1-6(20-9)5-17-11-8(16)3-2-7(15)10(11)12(18)13(17)19/h1-4H,5H2. The zero-order valence-electron chi connectivity index (χ0n) is 9.82. The first kappa shape index (κ1) is 13.7. The number of benzene rings is 1. The Kier molecular flexibility index (Phi) is 3.40. The van der Waals surface area contributed by atoms with E-state index in [0.717, 1.165) is 19.6 Å². The SMILES string of the molecule is O=C1C(=O)N(Cc2ccc(Br)s2)c2c(F)ccc(Cl)c21. The fourth-order valence-corrected chi connectivity index (χ4v) is 3.81. The monoisotopic (exact) mass is 373 g/mol. The van der Waals surface area contributed by atoms with E-state index in [2.05, 4.69) is 15.9 Å². The minimum absolute atomic E-state index is 0.0305. The molecule has 2 heterocycles. The molecule has 20 heavy (non-hydrogen) atoms. The van der Waals surface area contributed by atoms with Crippen molar-refractivity contribution >= 4 is 56.2 Å². The van der Waals surface area contributed by atoms with Gasteiger partial charge >= 0.3 is 0 Å². The molecule has 0 saturated carbocycles. The number of halogens is 3. The molecule has 3 nitrogen and oxygen atoms in total. The zero-order chi connectivity index (χ0) is 14.4. The highest BCUT2D eigenvalue weighted by molar-refractivity contribution is 9.11. The molecule has 1 amide bonds. The van der Waals surface area contributed by atoms with Crippen LogP contribution in [-0.4, -0.2) is 11.7 Å². The van der Waals surface area contributed by atoms with Gasteiger partial charge in [-0.3, -0.25) is 14.5 Å². The molecule has 0 bridgehead atoms. The number of Topliss-reactive ketones (excluding diaryl/α,β-unsaturated/α-hetero) is 1. The van der Waals surface area contributed by atoms with Crippen molar-refractivity contribution in [3.8, 4) is 0 Å². The number of anilines is 1. The molecular formula is C13H6BrClFNO2S. The van der Waals surface area contributed by atoms with Gasteiger partial charge in [0.15, 0.2) is 0 Å². The van der Waals surface area contributed by atoms with E-state index in [1.54, 1.807) is 0 Å². The van der Waals surface area contributed by atoms with Gasteiger partial charge in [-0.1, -0.05) is 11.6 Å². The number of thiophene rings is 1. The smallest absolute Gasteiger partial charge is 0.297 e. The van der Waals surface area contributed by atoms with Crippen LogP contribution in [0.1, 0.15) is 15.2 Å². The second kappa shape index (κ2) is 4.95. The lowest BCUT2D eigenvalue weighted by molar-refractivity contribution is -0.114. The number of nitrogens with zero attached hydrogens (tertiary/aromatic N) is 1. The van der Waals surface area contributed by atoms with Crippen molar-refractivity contribution in [2.24, 2.45) is 0 Å². The van der Waals surface area contributed by atoms with E-state index in [1.165, 1.54) is 17.4 Å². The molecule has 0 radical (unpaired) electrons. The number of carbonyl (C=O) groups is 2. The third-order valence-electron chi connectivity index (χ3n) is 2.96. The molecule has 0 unspecified atom stereocenters. The van der Waals surface area contributed by atoms with Crippen LogP contribution in [0.2, 0.25) is 5.02 Å². The van der Waals surface area contributed by atoms with E-state index in [1.807, 2.05) is 12.1 Å². The Hall–Kier alpha value is -1.24. The van der Waals surface area contributed by atoms with Crippen molar-refractivity contribution in [3.63, 3.8) is 0 Å². The summed E-state index contributed by atoms with van der Waals surface area (Å²) >= 11 is 10.6. The summed E-state index contributed by atoms with van der Waals surface area (Å²) in [6.07, 6.45) is 0. The molecule has 1 aliphatic rings. The Balaban J connectivity index is 2.08. The topological polar surface area (TPSA) is 37.4 Å². The molecule has 102 valence electrons. The third kappa shape index (κ3) is 2.08. The van der Waals surface area contributed by atoms with Crippen molar-refractivity contribution in [1.29, 1.82) is 0 Å². The summed E-state index contributed by atoms with van der Waals surface area (Å²) in [7, 11) is 0. The number of carbonyl (C=O) groups excluding carboxylic acids is 2. The summed E-state index contributed by atoms with van der Waals surface area (Å²) in [6, 6.07) is 6.08. The third-order valence-corrected chi connectivity index (χ3v) is 4.88. The molecule has 0 saturated heterocycles. The number of fused-ring (bicyclic) bond motifs is 1. The van der Waals surface area contributed by atoms with Gasteiger partial charge in [-0.2, -0.15) is 0 Å². The molecule has 0 N–H and O–H groups in total. The van der Waals surface area contributed by atoms with Gasteiger partial charge in [0.1, 0.15) is 5.82 Å². The van der Waals surface area contributed by atoms with Gasteiger partial charge in [0.05, 0.1) is 26.6 Å². The molecule has 0 spiro atoms. The van der Waals surface area contributed by atoms with E-state index < -0.39 is 17.5 Å². The van der Waals surface area contributed by atoms with Crippen LogP contribution < -0.4 is 4.90 Å². The molecule has 1 aromatic heterocycles. The molecule has 7 heteroatoms. The van der Waals surface area contributed by atoms with Crippen LogP contribution in [0.15, 0.2) is 28.1 Å². The Morgan fingerprint density at radius 2 is 2.00 bits per heavy atom. The lowest BCUT2D eigenvalue weighted by atomic mass is 10.1. The minimum atomic E-state index is -0.764. The van der Waals surface area contributed by atoms with Gasteiger partial charge in [-0.25, -0.2) is 4.39 Å². The fraction of sp³-hybridized carbons (Fsp3) is 0.0769. The van der Waals surface area contributed by atoms with E-state index in [0.29, 0.717) is 0 Å². The number of hydrogen-bond acceptors (Lipinski definition) is 3. The van der Waals surface area contributed by atoms with Gasteiger partial charge in [-0.05, 0) is 40.2 Å². The first-order valence-corrected chi connectivity index (χ1v) is 7.56. The molecule has 0 atom stereocenters. The lowest BCUT2D eigenvalue weighted by Gasteiger charge is -2.16. The normalized spacial score (nSPS) is 14.1. The van der Waals surface area contributed by atoms with Gasteiger partial charge in [0.2, 0.25) is 0 Å². The molecule has 0 aliphatic carbocycles. The van der Waals surface area contributed by atoms with E-state index >= 15 is 0 Å². The van der Waals surface area contributed by atoms with Crippen molar-refractivity contribution in [1.82, 2.24) is 0 Å². The Bertz CT molecular complexity index is 746. The van der Waals surface area contributed by atoms with Crippen molar-refractivity contribution in [2.45, 2.75) is 6.54 Å². The molecule has 0 fully saturated rings. The maximum absolute atomic E-state index is 14.0. The summed E-state index contributed by atoms with van der Waals surface area (Å²) in [6.45, 7) is 0.144. The van der Waals surface area contributed by atoms with Crippen LogP contribution in [0.3, 0.4) is 0 Å². The van der Waals surface area contributed by atoms with Crippen LogP contribution in [0.5, 0.6) is 0 Å². The Morgan fingerprint density at radius 1 is 1.25 bits per heavy atom. The molecule has 1 aromatic carbocycles. The summed E-state index contributed by atoms with van der Waals surface area (Å²) < 4.78 is 14.9. The van der Waals surface area contributed by atoms with Crippen molar-refractivity contribution < 1.29 is 14.0 Å². The summed E-state index contributed by atoms with van der Waals surface area (Å²) in [5.74, 6) is -2.14. The van der Waals surface area contributed by atoms with Crippen molar-refractivity contribution in [3.05, 3.63) is 49.3 Å². The summed E-state index contributed by atoms with van der Waals surface area (Å²) in [5.41, 5.74) is -0.0793. The van der Waals surface area contributed by atoms with E-state index in [9.17, 15) is 14.0 Å². The zero-order valence-corrected chi connectivity index (χ0v) is 13.0. The summed E-state index contributed by atoms with van der Waals surface area (Å²) in [5, 5.41) is 0.0922. The van der Waals surface area contributed by atoms with Gasteiger partial charge < -0.3 is 0 Å². The second-order valence-electron chi connectivity index (χ2n) is 4.18. The number of rotatable bonds is 2. The van der Waals surface area contributed by atoms with Gasteiger partial charge in [0, 0.05) is 4.88 Å². The molecular weight excluding hydrogens is 369 g/mol. The van der Waals surface area contributed by atoms with Gasteiger partial charge in [0.25, 0.3) is 11.7 Å². The van der Waals surface area contributed by atoms with Crippen LogP contribution in [0.25, 0.3) is 0 Å². The minimum Gasteiger partial charge on any atom is -0.297 e. The van der Waals surface area contributed by atoms with Crippen LogP contribution in [-0.2, 0) is 11.3 Å². The highest BCUT2D eigenvalue weighted by atomic mass is 79.9. The highest BCUT2D eigenvalue weighted by Crippen LogP contribution is 2.38. The van der Waals surface area contributed by atoms with Crippen LogP contribution in [0.4, 0.5) is 10.1 Å². The number of ketones is 1. The quantitative estimate of drug-likeness (QED) is 0.744. The number of hydrogen-bond donors (Lipinski definition) is 0. The fourth-order valence-electron chi connectivity index (χ4n) is 2.10. The molecule has 3 rings (SSSR count). The predicted molar refractivity (Wildman–Crippen MR) is 78.9 cm³/mol. The van der Waals surface area contributed by atoms with E-state index in [-0.39, 0.29) is 22.8 Å². The van der Waals surface area contributed by atoms with Gasteiger partial charge in [-0.15, -0.1) is 11.3 Å². The number of amides is 1. The second-order valence-corrected chi connectivity index (χ2v) is 7.13. The van der Waals surface area contributed by atoms with Crippen LogP contribution >= 0.6 is 38.9 Å². The Morgan fingerprint density at radius 3 is 2.65 bits per heavy atom. The first-order valence-electron chi connectivity index (χ1n) is 5.57. The summed E-state index contributed by atoms with van der Waals surface area (Å²) in [4.78, 5) is 25.9. The maximum Gasteiger partial charge on any atom is 0.299 e. The van der Waals surface area contributed by atoms with E-state index in [4.69, 9.17) is 11.6 Å². The lowest BCUT2D eigenvalue weighted by Crippen LogP contribution is -2.29. The van der Waals surface area contributed by atoms with Crippen LogP contribution in [0, 0.1) is 5.82 Å². The maximum atomic E-state index is 14.0. The first-order chi connectivity index (χ1) is 9.49. The van der Waals surface area contributed by atoms with Crippen molar-refractivity contribution in [2.75, 3.05) is 4.90 Å². The predicted octanol–water partition coefficient (Wildman–Crippen LogP) is 4.03. The average molecular weight is 375 g/mol. The average Bonchev–Trinajstić information content (AvgIpc) is 2.92. The Labute approximate surface area is 131 Å². The molecule has 1 aliphatic heterocycles. The highest BCUT2D eigenvalue weighted by Gasteiger charge is 2.40. The largest absolute Gasteiger partial charge is 0.299 e. The molecule has 2 aromatic rings.